The highest BCUT2D eigenvalue weighted by atomic mass is 31.0. The van der Waals surface area contributed by atoms with Crippen LogP contribution in [-0.2, 0) is 0 Å². The summed E-state index contributed by atoms with van der Waals surface area (Å²) < 4.78 is 0. The van der Waals surface area contributed by atoms with Gasteiger partial charge in [0.25, 0.3) is 0 Å². The van der Waals surface area contributed by atoms with E-state index >= 15 is 0 Å². The van der Waals surface area contributed by atoms with Crippen molar-refractivity contribution in [1.82, 2.24) is 0 Å². The summed E-state index contributed by atoms with van der Waals surface area (Å²) in [6.45, 7) is 0. The van der Waals surface area contributed by atoms with E-state index in [2.05, 4.69) is 57.8 Å². The normalized spacial score (nSPS) is 15.8. The van der Waals surface area contributed by atoms with Crippen LogP contribution in [0.2, 0.25) is 0 Å². The first-order chi connectivity index (χ1) is 5.88. The number of benzene rings is 1. The van der Waals surface area contributed by atoms with Crippen molar-refractivity contribution in [1.29, 1.82) is 0 Å². The largest absolute Gasteiger partial charge is 0.105 e. The second-order valence-electron chi connectivity index (χ2n) is 2.92. The Hall–Kier alpha value is -0.870. The molecular weight excluding hydrogens is 163 g/mol. The zero-order valence-electron chi connectivity index (χ0n) is 6.77. The summed E-state index contributed by atoms with van der Waals surface area (Å²) in [6.07, 6.45) is 8.62. The van der Waals surface area contributed by atoms with Crippen molar-refractivity contribution in [3.8, 4) is 0 Å². The van der Waals surface area contributed by atoms with Crippen LogP contribution in [0.25, 0.3) is 0 Å². The van der Waals surface area contributed by atoms with Crippen LogP contribution in [0.1, 0.15) is 11.5 Å². The standard InChI is InChI=1S/C11H11P/c12-11-8-4-3-7-10(11)9-5-1-2-6-9/h1-9H,12H2. The van der Waals surface area contributed by atoms with Crippen LogP contribution in [0.4, 0.5) is 0 Å². The fourth-order valence-corrected chi connectivity index (χ4v) is 1.85. The fourth-order valence-electron chi connectivity index (χ4n) is 1.45. The van der Waals surface area contributed by atoms with Gasteiger partial charge in [0.05, 0.1) is 0 Å². The molecule has 1 heteroatoms. The lowest BCUT2D eigenvalue weighted by Crippen LogP contribution is -2.02. The van der Waals surface area contributed by atoms with Gasteiger partial charge in [-0.2, -0.15) is 0 Å². The maximum absolute atomic E-state index is 2.77. The third-order valence-corrected chi connectivity index (χ3v) is 2.63. The van der Waals surface area contributed by atoms with Crippen molar-refractivity contribution in [2.75, 3.05) is 0 Å². The van der Waals surface area contributed by atoms with Crippen LogP contribution in [0.5, 0.6) is 0 Å². The molecule has 0 saturated heterocycles. The predicted octanol–water partition coefficient (Wildman–Crippen LogP) is 2.40. The van der Waals surface area contributed by atoms with Gasteiger partial charge in [0.15, 0.2) is 0 Å². The molecular formula is C11H11P. The molecule has 1 aliphatic rings. The number of hydrogen-bond donors (Lipinski definition) is 0. The third-order valence-electron chi connectivity index (χ3n) is 2.10. The van der Waals surface area contributed by atoms with E-state index in [-0.39, 0.29) is 0 Å². The van der Waals surface area contributed by atoms with Crippen LogP contribution in [0, 0.1) is 0 Å². The van der Waals surface area contributed by atoms with Crippen LogP contribution in [-0.4, -0.2) is 0 Å². The summed E-state index contributed by atoms with van der Waals surface area (Å²) in [4.78, 5) is 0. The second kappa shape index (κ2) is 3.25. The average molecular weight is 174 g/mol. The highest BCUT2D eigenvalue weighted by Crippen LogP contribution is 2.22. The minimum atomic E-state index is 0.485. The molecule has 0 fully saturated rings. The topological polar surface area (TPSA) is 0 Å². The Kier molecular flexibility index (Phi) is 2.10. The van der Waals surface area contributed by atoms with Gasteiger partial charge in [0.2, 0.25) is 0 Å². The van der Waals surface area contributed by atoms with Gasteiger partial charge in [-0.15, -0.1) is 9.24 Å². The summed E-state index contributed by atoms with van der Waals surface area (Å²) in [7, 11) is 2.77. The molecule has 0 nitrogen and oxygen atoms in total. The Bertz CT molecular complexity index is 325. The van der Waals surface area contributed by atoms with Crippen molar-refractivity contribution in [3.05, 3.63) is 54.1 Å². The monoisotopic (exact) mass is 174 g/mol. The van der Waals surface area contributed by atoms with Gasteiger partial charge in [0.1, 0.15) is 0 Å². The highest BCUT2D eigenvalue weighted by Gasteiger charge is 2.08. The molecule has 0 aliphatic heterocycles. The van der Waals surface area contributed by atoms with Gasteiger partial charge < -0.3 is 0 Å². The molecule has 1 unspecified atom stereocenters. The zero-order chi connectivity index (χ0) is 8.39. The third kappa shape index (κ3) is 1.35. The Morgan fingerprint density at radius 1 is 1.00 bits per heavy atom. The molecule has 60 valence electrons. The Morgan fingerprint density at radius 3 is 2.33 bits per heavy atom. The minimum absolute atomic E-state index is 0.485. The second-order valence-corrected chi connectivity index (χ2v) is 3.55. The lowest BCUT2D eigenvalue weighted by atomic mass is 10.0. The van der Waals surface area contributed by atoms with E-state index in [0.29, 0.717) is 5.92 Å². The van der Waals surface area contributed by atoms with Crippen molar-refractivity contribution in [2.45, 2.75) is 5.92 Å². The number of rotatable bonds is 1. The lowest BCUT2D eigenvalue weighted by Gasteiger charge is -2.08. The van der Waals surface area contributed by atoms with E-state index in [1.165, 1.54) is 10.9 Å². The first-order valence-electron chi connectivity index (χ1n) is 4.07. The Labute approximate surface area is 75.2 Å². The van der Waals surface area contributed by atoms with Crippen molar-refractivity contribution >= 4 is 14.5 Å². The molecule has 1 aromatic rings. The van der Waals surface area contributed by atoms with E-state index in [1.807, 2.05) is 0 Å². The fraction of sp³-hybridized carbons (Fsp3) is 0.0909. The molecule has 12 heavy (non-hydrogen) atoms. The maximum atomic E-state index is 2.77. The highest BCUT2D eigenvalue weighted by molar-refractivity contribution is 7.27. The molecule has 1 aromatic carbocycles. The SMILES string of the molecule is Pc1ccccc1C1C=CC=C1. The van der Waals surface area contributed by atoms with Gasteiger partial charge >= 0.3 is 0 Å². The summed E-state index contributed by atoms with van der Waals surface area (Å²) in [5.41, 5.74) is 1.38. The van der Waals surface area contributed by atoms with E-state index in [0.717, 1.165) is 0 Å². The van der Waals surface area contributed by atoms with E-state index in [1.54, 1.807) is 0 Å². The zero-order valence-corrected chi connectivity index (χ0v) is 7.93. The molecule has 0 N–H and O–H groups in total. The van der Waals surface area contributed by atoms with Crippen LogP contribution < -0.4 is 5.30 Å². The molecule has 0 saturated carbocycles. The predicted molar refractivity (Wildman–Crippen MR) is 56.8 cm³/mol. The first-order valence-corrected chi connectivity index (χ1v) is 4.65. The molecule has 1 atom stereocenters. The summed E-state index contributed by atoms with van der Waals surface area (Å²) >= 11 is 0. The number of hydrogen-bond acceptors (Lipinski definition) is 0. The van der Waals surface area contributed by atoms with Crippen LogP contribution in [0.15, 0.2) is 48.6 Å². The smallest absolute Gasteiger partial charge is 0.0210 e. The van der Waals surface area contributed by atoms with Crippen LogP contribution in [0.3, 0.4) is 0 Å². The summed E-state index contributed by atoms with van der Waals surface area (Å²) in [5, 5.41) is 1.29. The summed E-state index contributed by atoms with van der Waals surface area (Å²) in [5.74, 6) is 0.485. The molecule has 0 bridgehead atoms. The average Bonchev–Trinajstić information content (AvgIpc) is 2.57. The van der Waals surface area contributed by atoms with Gasteiger partial charge in [-0.1, -0.05) is 48.6 Å². The van der Waals surface area contributed by atoms with Gasteiger partial charge in [-0.25, -0.2) is 0 Å². The van der Waals surface area contributed by atoms with E-state index < -0.39 is 0 Å². The first kappa shape index (κ1) is 7.76. The van der Waals surface area contributed by atoms with Gasteiger partial charge in [0, 0.05) is 5.92 Å². The minimum Gasteiger partial charge on any atom is -0.105 e. The van der Waals surface area contributed by atoms with Gasteiger partial charge in [-0.05, 0) is 10.9 Å². The molecule has 0 amide bonds. The molecule has 2 rings (SSSR count). The number of allylic oxidation sites excluding steroid dienone is 4. The Balaban J connectivity index is 2.39. The maximum Gasteiger partial charge on any atom is 0.0210 e. The van der Waals surface area contributed by atoms with Gasteiger partial charge in [-0.3, -0.25) is 0 Å². The van der Waals surface area contributed by atoms with Crippen molar-refractivity contribution in [2.24, 2.45) is 0 Å². The van der Waals surface area contributed by atoms with Crippen molar-refractivity contribution < 1.29 is 0 Å². The van der Waals surface area contributed by atoms with E-state index in [4.69, 9.17) is 0 Å². The molecule has 1 aliphatic carbocycles. The molecule has 0 spiro atoms. The van der Waals surface area contributed by atoms with Crippen LogP contribution >= 0.6 is 9.24 Å². The van der Waals surface area contributed by atoms with E-state index in [9.17, 15) is 0 Å². The lowest BCUT2D eigenvalue weighted by molar-refractivity contribution is 1.12. The quantitative estimate of drug-likeness (QED) is 0.573. The molecule has 0 radical (unpaired) electrons. The van der Waals surface area contributed by atoms with Crippen molar-refractivity contribution in [3.63, 3.8) is 0 Å². The summed E-state index contributed by atoms with van der Waals surface area (Å²) in [6, 6.07) is 8.45. The molecule has 0 heterocycles. The molecule has 0 aromatic heterocycles. The Morgan fingerprint density at radius 2 is 1.67 bits per heavy atom.